The van der Waals surface area contributed by atoms with E-state index in [-0.39, 0.29) is 17.3 Å². The Hall–Kier alpha value is -4.08. The first-order chi connectivity index (χ1) is 12.4. The van der Waals surface area contributed by atoms with E-state index >= 15 is 0 Å². The molecule has 0 fully saturated rings. The molecule has 26 heavy (non-hydrogen) atoms. The van der Waals surface area contributed by atoms with Gasteiger partial charge < -0.3 is 5.73 Å². The van der Waals surface area contributed by atoms with Crippen LogP contribution in [-0.4, -0.2) is 25.7 Å². The zero-order chi connectivity index (χ0) is 18.7. The number of nitrogens with zero attached hydrogens (tertiary/aromatic N) is 5. The minimum absolute atomic E-state index is 0.0511. The predicted octanol–water partition coefficient (Wildman–Crippen LogP) is 2.83. The minimum Gasteiger partial charge on any atom is -0.368 e. The quantitative estimate of drug-likeness (QED) is 0.425. The van der Waals surface area contributed by atoms with Crippen molar-refractivity contribution in [2.45, 2.75) is 0 Å². The normalized spacial score (nSPS) is 10.9. The van der Waals surface area contributed by atoms with Gasteiger partial charge in [-0.3, -0.25) is 20.2 Å². The molecule has 0 atom stereocenters. The van der Waals surface area contributed by atoms with Crippen molar-refractivity contribution in [1.29, 1.82) is 0 Å². The lowest BCUT2D eigenvalue weighted by Crippen LogP contribution is -1.97. The fraction of sp³-hybridized carbons (Fsp3) is 0. The third-order valence-corrected chi connectivity index (χ3v) is 3.48. The van der Waals surface area contributed by atoms with Gasteiger partial charge in [0.1, 0.15) is 0 Å². The van der Waals surface area contributed by atoms with E-state index in [1.807, 2.05) is 0 Å². The maximum atomic E-state index is 10.9. The maximum Gasteiger partial charge on any atom is 0.270 e. The second-order valence-corrected chi connectivity index (χ2v) is 5.23. The predicted molar refractivity (Wildman–Crippen MR) is 94.8 cm³/mol. The van der Waals surface area contributed by atoms with Crippen molar-refractivity contribution < 1.29 is 9.85 Å². The molecular formula is C16H12N6O4. The van der Waals surface area contributed by atoms with Crippen LogP contribution in [0.4, 0.5) is 17.3 Å². The number of imidazole rings is 1. The van der Waals surface area contributed by atoms with Gasteiger partial charge >= 0.3 is 0 Å². The van der Waals surface area contributed by atoms with Crippen LogP contribution >= 0.6 is 0 Å². The monoisotopic (exact) mass is 352 g/mol. The van der Waals surface area contributed by atoms with Crippen molar-refractivity contribution in [2.24, 2.45) is 5.10 Å². The largest absolute Gasteiger partial charge is 0.368 e. The third-order valence-electron chi connectivity index (χ3n) is 3.48. The minimum atomic E-state index is -0.497. The number of nitro groups is 2. The van der Waals surface area contributed by atoms with Crippen molar-refractivity contribution in [1.82, 2.24) is 9.66 Å². The average molecular weight is 352 g/mol. The van der Waals surface area contributed by atoms with E-state index in [9.17, 15) is 20.2 Å². The molecule has 2 aromatic carbocycles. The van der Waals surface area contributed by atoms with Crippen molar-refractivity contribution >= 4 is 23.5 Å². The van der Waals surface area contributed by atoms with Gasteiger partial charge in [-0.15, -0.1) is 0 Å². The number of nitrogens with two attached hydrogens (primary N) is 1. The van der Waals surface area contributed by atoms with Gasteiger partial charge in [0.15, 0.2) is 0 Å². The molecule has 130 valence electrons. The Labute approximate surface area is 146 Å². The highest BCUT2D eigenvalue weighted by atomic mass is 16.6. The zero-order valence-electron chi connectivity index (χ0n) is 13.2. The molecule has 0 aliphatic rings. The van der Waals surface area contributed by atoms with Gasteiger partial charge in [0, 0.05) is 35.4 Å². The van der Waals surface area contributed by atoms with Crippen molar-refractivity contribution in [2.75, 3.05) is 5.73 Å². The number of anilines is 1. The number of hydrogen-bond donors (Lipinski definition) is 1. The molecule has 0 unspecified atom stereocenters. The molecule has 3 rings (SSSR count). The summed E-state index contributed by atoms with van der Waals surface area (Å²) in [5.41, 5.74) is 7.16. The summed E-state index contributed by atoms with van der Waals surface area (Å²) in [6.07, 6.45) is 2.92. The van der Waals surface area contributed by atoms with Crippen LogP contribution in [0.1, 0.15) is 5.56 Å². The lowest BCUT2D eigenvalue weighted by atomic mass is 10.1. The van der Waals surface area contributed by atoms with Crippen LogP contribution in [0.3, 0.4) is 0 Å². The molecule has 0 aliphatic carbocycles. The fourth-order valence-corrected chi connectivity index (χ4v) is 2.24. The molecule has 0 aliphatic heterocycles. The zero-order valence-corrected chi connectivity index (χ0v) is 13.2. The number of nitrogen functional groups attached to an aromatic ring is 1. The van der Waals surface area contributed by atoms with Gasteiger partial charge in [0.05, 0.1) is 28.0 Å². The van der Waals surface area contributed by atoms with Crippen LogP contribution in [0.2, 0.25) is 0 Å². The fourth-order valence-electron chi connectivity index (χ4n) is 2.24. The lowest BCUT2D eigenvalue weighted by molar-refractivity contribution is -0.385. The van der Waals surface area contributed by atoms with Crippen molar-refractivity contribution in [3.05, 3.63) is 80.5 Å². The van der Waals surface area contributed by atoms with Crippen LogP contribution in [-0.2, 0) is 0 Å². The van der Waals surface area contributed by atoms with Crippen molar-refractivity contribution in [3.8, 4) is 11.3 Å². The molecule has 3 aromatic rings. The molecular weight excluding hydrogens is 340 g/mol. The Bertz CT molecular complexity index is 1030. The molecule has 1 aromatic heterocycles. The van der Waals surface area contributed by atoms with Gasteiger partial charge in [-0.05, 0) is 0 Å². The molecule has 0 spiro atoms. The SMILES string of the molecule is Nc1nc(-c2cccc([N+](=O)[O-])c2)cn1N=Cc1cccc([N+](=O)[O-])c1. The van der Waals surface area contributed by atoms with Crippen LogP contribution in [0.5, 0.6) is 0 Å². The Balaban J connectivity index is 1.89. The lowest BCUT2D eigenvalue weighted by Gasteiger charge is -1.96. The Morgan fingerprint density at radius 2 is 1.69 bits per heavy atom. The summed E-state index contributed by atoms with van der Waals surface area (Å²) >= 11 is 0. The number of benzene rings is 2. The topological polar surface area (TPSA) is 142 Å². The van der Waals surface area contributed by atoms with E-state index in [1.54, 1.807) is 24.3 Å². The molecule has 2 N–H and O–H groups in total. The Morgan fingerprint density at radius 3 is 2.38 bits per heavy atom. The number of rotatable bonds is 5. The maximum absolute atomic E-state index is 10.9. The van der Waals surface area contributed by atoms with Crippen LogP contribution in [0.25, 0.3) is 11.3 Å². The molecule has 1 heterocycles. The molecule has 10 nitrogen and oxygen atoms in total. The van der Waals surface area contributed by atoms with Crippen LogP contribution in [0, 0.1) is 20.2 Å². The van der Waals surface area contributed by atoms with Gasteiger partial charge in [-0.1, -0.05) is 24.3 Å². The number of aromatic nitrogens is 2. The second kappa shape index (κ2) is 6.81. The van der Waals surface area contributed by atoms with E-state index in [0.717, 1.165) is 0 Å². The second-order valence-electron chi connectivity index (χ2n) is 5.23. The first-order valence-corrected chi connectivity index (χ1v) is 7.32. The van der Waals surface area contributed by atoms with Gasteiger partial charge in [-0.2, -0.15) is 5.10 Å². The molecule has 0 radical (unpaired) electrons. The van der Waals surface area contributed by atoms with E-state index < -0.39 is 9.85 Å². The molecule has 0 saturated carbocycles. The number of non-ortho nitro benzene ring substituents is 2. The Morgan fingerprint density at radius 1 is 1.04 bits per heavy atom. The summed E-state index contributed by atoms with van der Waals surface area (Å²) in [7, 11) is 0. The number of nitro benzene ring substituents is 2. The standard InChI is InChI=1S/C16H12N6O4/c17-16-19-15(12-4-2-6-14(8-12)22(25)26)10-20(16)18-9-11-3-1-5-13(7-11)21(23)24/h1-10H,(H2,17,19). The summed E-state index contributed by atoms with van der Waals surface area (Å²) in [6, 6.07) is 11.9. The van der Waals surface area contributed by atoms with E-state index in [2.05, 4.69) is 10.1 Å². The Kier molecular flexibility index (Phi) is 4.39. The van der Waals surface area contributed by atoms with Crippen molar-refractivity contribution in [3.63, 3.8) is 0 Å². The van der Waals surface area contributed by atoms with Gasteiger partial charge in [0.2, 0.25) is 5.95 Å². The smallest absolute Gasteiger partial charge is 0.270 e. The first kappa shape index (κ1) is 16.8. The molecule has 10 heteroatoms. The van der Waals surface area contributed by atoms with Crippen LogP contribution < -0.4 is 5.73 Å². The molecule has 0 bridgehead atoms. The summed E-state index contributed by atoms with van der Waals surface area (Å²) in [6.45, 7) is 0. The van der Waals surface area contributed by atoms with E-state index in [1.165, 1.54) is 41.4 Å². The highest BCUT2D eigenvalue weighted by Crippen LogP contribution is 2.24. The van der Waals surface area contributed by atoms with Crippen LogP contribution in [0.15, 0.2) is 59.8 Å². The van der Waals surface area contributed by atoms with Gasteiger partial charge in [0.25, 0.3) is 11.4 Å². The average Bonchev–Trinajstić information content (AvgIpc) is 3.01. The summed E-state index contributed by atoms with van der Waals surface area (Å²) < 4.78 is 1.28. The summed E-state index contributed by atoms with van der Waals surface area (Å²) in [4.78, 5) is 24.8. The van der Waals surface area contributed by atoms with E-state index in [4.69, 9.17) is 5.73 Å². The van der Waals surface area contributed by atoms with Gasteiger partial charge in [-0.25, -0.2) is 9.66 Å². The summed E-state index contributed by atoms with van der Waals surface area (Å²) in [5, 5.41) is 25.8. The molecule has 0 amide bonds. The first-order valence-electron chi connectivity index (χ1n) is 7.32. The highest BCUT2D eigenvalue weighted by Gasteiger charge is 2.11. The van der Waals surface area contributed by atoms with E-state index in [0.29, 0.717) is 16.8 Å². The summed E-state index contributed by atoms with van der Waals surface area (Å²) in [5.74, 6) is 0.0770. The third kappa shape index (κ3) is 3.53. The molecule has 0 saturated heterocycles. The number of hydrogen-bond acceptors (Lipinski definition) is 7. The highest BCUT2D eigenvalue weighted by molar-refractivity contribution is 5.80.